The molecule has 2 rings (SSSR count). The summed E-state index contributed by atoms with van der Waals surface area (Å²) in [6, 6.07) is 5.88. The van der Waals surface area contributed by atoms with Gasteiger partial charge < -0.3 is 19.3 Å². The lowest BCUT2D eigenvalue weighted by Gasteiger charge is -2.09. The number of ether oxygens (including phenoxy) is 2. The third kappa shape index (κ3) is 3.52. The van der Waals surface area contributed by atoms with Gasteiger partial charge in [-0.15, -0.1) is 0 Å². The van der Waals surface area contributed by atoms with Crippen LogP contribution in [0.15, 0.2) is 22.7 Å². The van der Waals surface area contributed by atoms with Crippen LogP contribution in [0.4, 0.5) is 0 Å². The van der Waals surface area contributed by atoms with Gasteiger partial charge in [0.2, 0.25) is 11.7 Å². The number of methoxy groups -OCH3 is 2. The highest BCUT2D eigenvalue weighted by Gasteiger charge is 2.14. The minimum absolute atomic E-state index is 0.337. The lowest BCUT2D eigenvalue weighted by molar-refractivity contribution is 0.354. The topological polar surface area (TPSA) is 69.4 Å². The zero-order valence-electron chi connectivity index (χ0n) is 12.8. The lowest BCUT2D eigenvalue weighted by Crippen LogP contribution is -2.26. The van der Waals surface area contributed by atoms with Crippen LogP contribution in [0.3, 0.4) is 0 Å². The molecular weight excluding hydrogens is 270 g/mol. The average molecular weight is 291 g/mol. The summed E-state index contributed by atoms with van der Waals surface area (Å²) in [7, 11) is 5.13. The van der Waals surface area contributed by atoms with Gasteiger partial charge in [0.05, 0.1) is 14.2 Å². The summed E-state index contributed by atoms with van der Waals surface area (Å²) < 4.78 is 15.8. The monoisotopic (exact) mass is 291 g/mol. The van der Waals surface area contributed by atoms with E-state index in [4.69, 9.17) is 14.0 Å². The van der Waals surface area contributed by atoms with Crippen molar-refractivity contribution in [1.29, 1.82) is 0 Å². The van der Waals surface area contributed by atoms with Crippen molar-refractivity contribution in [3.63, 3.8) is 0 Å². The third-order valence-electron chi connectivity index (χ3n) is 3.43. The zero-order valence-corrected chi connectivity index (χ0v) is 12.8. The summed E-state index contributed by atoms with van der Waals surface area (Å²) in [4.78, 5) is 4.43. The smallest absolute Gasteiger partial charge is 0.228 e. The first-order valence-electron chi connectivity index (χ1n) is 6.94. The van der Waals surface area contributed by atoms with Gasteiger partial charge in [0.25, 0.3) is 0 Å². The first-order chi connectivity index (χ1) is 10.2. The van der Waals surface area contributed by atoms with Crippen LogP contribution in [-0.4, -0.2) is 37.4 Å². The van der Waals surface area contributed by atoms with Gasteiger partial charge in [0.1, 0.15) is 0 Å². The summed E-state index contributed by atoms with van der Waals surface area (Å²) in [5.41, 5.74) is 0.833. The molecule has 0 aliphatic carbocycles. The molecule has 1 aromatic carbocycles. The fraction of sp³-hybridized carbons (Fsp3) is 0.467. The maximum Gasteiger partial charge on any atom is 0.228 e. The Morgan fingerprint density at radius 2 is 2.00 bits per heavy atom. The molecule has 1 heterocycles. The standard InChI is InChI=1S/C15H21N3O3/c1-5-11(16-2)9-14-17-15(18-21-14)10-6-7-12(19-3)13(8-10)20-4/h6-8,11,16H,5,9H2,1-4H3. The van der Waals surface area contributed by atoms with Gasteiger partial charge in [-0.25, -0.2) is 0 Å². The first kappa shape index (κ1) is 15.3. The van der Waals surface area contributed by atoms with Crippen molar-refractivity contribution in [3.8, 4) is 22.9 Å². The lowest BCUT2D eigenvalue weighted by atomic mass is 10.1. The van der Waals surface area contributed by atoms with Gasteiger partial charge in [0.15, 0.2) is 11.5 Å². The minimum Gasteiger partial charge on any atom is -0.493 e. The number of nitrogens with one attached hydrogen (secondary N) is 1. The van der Waals surface area contributed by atoms with E-state index in [1.165, 1.54) is 0 Å². The van der Waals surface area contributed by atoms with Gasteiger partial charge in [-0.2, -0.15) is 4.98 Å². The van der Waals surface area contributed by atoms with Crippen molar-refractivity contribution < 1.29 is 14.0 Å². The predicted octanol–water partition coefficient (Wildman–Crippen LogP) is 2.29. The fourth-order valence-electron chi connectivity index (χ4n) is 2.09. The van der Waals surface area contributed by atoms with Crippen LogP contribution in [0, 0.1) is 0 Å². The van der Waals surface area contributed by atoms with E-state index in [1.54, 1.807) is 14.2 Å². The maximum atomic E-state index is 5.31. The molecule has 2 aromatic rings. The second-order valence-corrected chi connectivity index (χ2v) is 4.68. The van der Waals surface area contributed by atoms with Crippen molar-refractivity contribution in [3.05, 3.63) is 24.1 Å². The molecule has 0 spiro atoms. The van der Waals surface area contributed by atoms with Gasteiger partial charge in [-0.3, -0.25) is 0 Å². The highest BCUT2D eigenvalue weighted by molar-refractivity contribution is 5.60. The van der Waals surface area contributed by atoms with Crippen LogP contribution < -0.4 is 14.8 Å². The van der Waals surface area contributed by atoms with E-state index in [-0.39, 0.29) is 0 Å². The Labute approximate surface area is 124 Å². The molecule has 0 aliphatic rings. The van der Waals surface area contributed by atoms with Crippen LogP contribution in [0.2, 0.25) is 0 Å². The number of aromatic nitrogens is 2. The van der Waals surface area contributed by atoms with Crippen LogP contribution in [0.1, 0.15) is 19.2 Å². The fourth-order valence-corrected chi connectivity index (χ4v) is 2.09. The molecule has 0 saturated carbocycles. The van der Waals surface area contributed by atoms with Gasteiger partial charge in [-0.05, 0) is 31.7 Å². The summed E-state index contributed by atoms with van der Waals surface area (Å²) in [6.07, 6.45) is 1.72. The van der Waals surface area contributed by atoms with Crippen molar-refractivity contribution in [2.75, 3.05) is 21.3 Å². The Morgan fingerprint density at radius 1 is 1.24 bits per heavy atom. The normalized spacial score (nSPS) is 12.2. The minimum atomic E-state index is 0.337. The van der Waals surface area contributed by atoms with Crippen LogP contribution in [0.25, 0.3) is 11.4 Å². The summed E-state index contributed by atoms with van der Waals surface area (Å²) in [5.74, 6) is 2.49. The summed E-state index contributed by atoms with van der Waals surface area (Å²) in [5, 5.41) is 7.25. The zero-order chi connectivity index (χ0) is 15.2. The molecule has 1 N–H and O–H groups in total. The molecule has 21 heavy (non-hydrogen) atoms. The molecule has 0 radical (unpaired) electrons. The maximum absolute atomic E-state index is 5.31. The quantitative estimate of drug-likeness (QED) is 0.844. The Morgan fingerprint density at radius 3 is 2.62 bits per heavy atom. The van der Waals surface area contributed by atoms with E-state index in [0.717, 1.165) is 12.0 Å². The van der Waals surface area contributed by atoms with Gasteiger partial charge >= 0.3 is 0 Å². The predicted molar refractivity (Wildman–Crippen MR) is 79.7 cm³/mol. The molecule has 0 amide bonds. The number of benzene rings is 1. The highest BCUT2D eigenvalue weighted by Crippen LogP contribution is 2.31. The average Bonchev–Trinajstić information content (AvgIpc) is 3.00. The molecule has 1 atom stereocenters. The molecule has 0 aliphatic heterocycles. The first-order valence-corrected chi connectivity index (χ1v) is 6.94. The number of likely N-dealkylation sites (N-methyl/N-ethyl adjacent to an activating group) is 1. The van der Waals surface area contributed by atoms with Crippen molar-refractivity contribution >= 4 is 0 Å². The van der Waals surface area contributed by atoms with Crippen LogP contribution >= 0.6 is 0 Å². The SMILES string of the molecule is CCC(Cc1nc(-c2ccc(OC)c(OC)c2)no1)NC. The summed E-state index contributed by atoms with van der Waals surface area (Å²) >= 11 is 0. The molecule has 0 fully saturated rings. The largest absolute Gasteiger partial charge is 0.493 e. The van der Waals surface area contributed by atoms with Crippen LogP contribution in [-0.2, 0) is 6.42 Å². The Bertz CT molecular complexity index is 579. The van der Waals surface area contributed by atoms with E-state index in [1.807, 2.05) is 25.2 Å². The number of rotatable bonds is 7. The van der Waals surface area contributed by atoms with Crippen molar-refractivity contribution in [2.45, 2.75) is 25.8 Å². The number of nitrogens with zero attached hydrogens (tertiary/aromatic N) is 2. The number of hydrogen-bond acceptors (Lipinski definition) is 6. The molecule has 6 nitrogen and oxygen atoms in total. The molecule has 1 unspecified atom stereocenters. The van der Waals surface area contributed by atoms with E-state index in [9.17, 15) is 0 Å². The van der Waals surface area contributed by atoms with E-state index in [0.29, 0.717) is 35.7 Å². The van der Waals surface area contributed by atoms with Gasteiger partial charge in [-0.1, -0.05) is 12.1 Å². The number of hydrogen-bond donors (Lipinski definition) is 1. The molecule has 114 valence electrons. The Kier molecular flexibility index (Phi) is 5.16. The molecule has 1 aromatic heterocycles. The Balaban J connectivity index is 2.21. The molecule has 0 saturated heterocycles. The van der Waals surface area contributed by atoms with Crippen molar-refractivity contribution in [1.82, 2.24) is 15.5 Å². The third-order valence-corrected chi connectivity index (χ3v) is 3.43. The van der Waals surface area contributed by atoms with Gasteiger partial charge in [0, 0.05) is 18.0 Å². The Hall–Kier alpha value is -2.08. The second-order valence-electron chi connectivity index (χ2n) is 4.68. The molecule has 6 heteroatoms. The molecule has 0 bridgehead atoms. The van der Waals surface area contributed by atoms with E-state index >= 15 is 0 Å². The van der Waals surface area contributed by atoms with E-state index < -0.39 is 0 Å². The van der Waals surface area contributed by atoms with Crippen LogP contribution in [0.5, 0.6) is 11.5 Å². The van der Waals surface area contributed by atoms with E-state index in [2.05, 4.69) is 22.4 Å². The summed E-state index contributed by atoms with van der Waals surface area (Å²) in [6.45, 7) is 2.12. The second kappa shape index (κ2) is 7.08. The van der Waals surface area contributed by atoms with Crippen molar-refractivity contribution in [2.24, 2.45) is 0 Å². The molecular formula is C15H21N3O3. The highest BCUT2D eigenvalue weighted by atomic mass is 16.5.